The number of morpholine rings is 1. The summed E-state index contributed by atoms with van der Waals surface area (Å²) in [7, 11) is 3.24. The average Bonchev–Trinajstić information content (AvgIpc) is 2.68. The zero-order valence-electron chi connectivity index (χ0n) is 13.0. The standard InChI is InChI=1S/C14H26N2O5/c1-18-6-3-15-4-7-20-12-14(10-15)11-16(5-8-21-14)13(17)9-19-2/h3-12H2,1-2H3. The average molecular weight is 302 g/mol. The van der Waals surface area contributed by atoms with E-state index < -0.39 is 5.60 Å². The summed E-state index contributed by atoms with van der Waals surface area (Å²) in [5.41, 5.74) is -0.439. The maximum absolute atomic E-state index is 12.0. The molecular weight excluding hydrogens is 276 g/mol. The number of hydrogen-bond donors (Lipinski definition) is 0. The molecule has 0 bridgehead atoms. The molecule has 7 nitrogen and oxygen atoms in total. The lowest BCUT2D eigenvalue weighted by Gasteiger charge is -2.43. The Balaban J connectivity index is 1.98. The Bertz CT molecular complexity index is 341. The normalized spacial score (nSPS) is 27.8. The molecular formula is C14H26N2O5. The number of carbonyl (C=O) groups is 1. The van der Waals surface area contributed by atoms with Gasteiger partial charge in [0, 0.05) is 40.4 Å². The highest BCUT2D eigenvalue weighted by Crippen LogP contribution is 2.22. The highest BCUT2D eigenvalue weighted by atomic mass is 16.5. The third-order valence-corrected chi connectivity index (χ3v) is 3.91. The predicted octanol–water partition coefficient (Wildman–Crippen LogP) is -0.791. The van der Waals surface area contributed by atoms with Gasteiger partial charge >= 0.3 is 0 Å². The molecule has 122 valence electrons. The van der Waals surface area contributed by atoms with Gasteiger partial charge in [-0.1, -0.05) is 0 Å². The smallest absolute Gasteiger partial charge is 0.248 e. The van der Waals surface area contributed by atoms with Gasteiger partial charge in [0.15, 0.2) is 0 Å². The van der Waals surface area contributed by atoms with Crippen LogP contribution in [0.2, 0.25) is 0 Å². The highest BCUT2D eigenvalue weighted by molar-refractivity contribution is 5.77. The second-order valence-corrected chi connectivity index (χ2v) is 5.60. The van der Waals surface area contributed by atoms with Gasteiger partial charge < -0.3 is 23.8 Å². The first-order chi connectivity index (χ1) is 10.2. The molecule has 0 aromatic carbocycles. The first-order valence-corrected chi connectivity index (χ1v) is 7.39. The van der Waals surface area contributed by atoms with Gasteiger partial charge in [0.2, 0.25) is 5.91 Å². The molecule has 0 saturated carbocycles. The van der Waals surface area contributed by atoms with E-state index in [4.69, 9.17) is 18.9 Å². The topological polar surface area (TPSA) is 60.5 Å². The number of methoxy groups -OCH3 is 2. The van der Waals surface area contributed by atoms with E-state index in [0.29, 0.717) is 39.5 Å². The zero-order valence-corrected chi connectivity index (χ0v) is 13.0. The fraction of sp³-hybridized carbons (Fsp3) is 0.929. The zero-order chi connectivity index (χ0) is 15.1. The third-order valence-electron chi connectivity index (χ3n) is 3.91. The maximum atomic E-state index is 12.0. The van der Waals surface area contributed by atoms with Crippen LogP contribution in [0.1, 0.15) is 0 Å². The van der Waals surface area contributed by atoms with Gasteiger partial charge in [-0.15, -0.1) is 0 Å². The summed E-state index contributed by atoms with van der Waals surface area (Å²) in [5, 5.41) is 0. The molecule has 21 heavy (non-hydrogen) atoms. The van der Waals surface area contributed by atoms with Crippen molar-refractivity contribution in [2.45, 2.75) is 5.60 Å². The van der Waals surface area contributed by atoms with Crippen LogP contribution >= 0.6 is 0 Å². The van der Waals surface area contributed by atoms with Gasteiger partial charge in [-0.2, -0.15) is 0 Å². The van der Waals surface area contributed by atoms with Gasteiger partial charge in [-0.25, -0.2) is 0 Å². The number of rotatable bonds is 5. The van der Waals surface area contributed by atoms with Crippen LogP contribution in [-0.2, 0) is 23.7 Å². The van der Waals surface area contributed by atoms with E-state index in [9.17, 15) is 4.79 Å². The van der Waals surface area contributed by atoms with Crippen molar-refractivity contribution in [1.82, 2.24) is 9.80 Å². The van der Waals surface area contributed by atoms with Crippen LogP contribution in [0.3, 0.4) is 0 Å². The Labute approximate surface area is 126 Å². The van der Waals surface area contributed by atoms with E-state index in [2.05, 4.69) is 4.90 Å². The number of nitrogens with zero attached hydrogens (tertiary/aromatic N) is 2. The summed E-state index contributed by atoms with van der Waals surface area (Å²) in [5.74, 6) is 0.00728. The molecule has 2 fully saturated rings. The molecule has 2 rings (SSSR count). The minimum Gasteiger partial charge on any atom is -0.383 e. The molecule has 2 saturated heterocycles. The van der Waals surface area contributed by atoms with Crippen LogP contribution in [-0.4, -0.2) is 101 Å². The fourth-order valence-corrected chi connectivity index (χ4v) is 2.85. The van der Waals surface area contributed by atoms with Crippen molar-refractivity contribution >= 4 is 5.91 Å². The summed E-state index contributed by atoms with van der Waals surface area (Å²) in [4.78, 5) is 16.1. The van der Waals surface area contributed by atoms with Crippen LogP contribution in [0.25, 0.3) is 0 Å². The molecule has 1 amide bonds. The molecule has 0 aromatic rings. The van der Waals surface area contributed by atoms with Crippen LogP contribution in [0.4, 0.5) is 0 Å². The summed E-state index contributed by atoms with van der Waals surface area (Å²) in [6, 6.07) is 0. The van der Waals surface area contributed by atoms with Crippen LogP contribution in [0, 0.1) is 0 Å². The third kappa shape index (κ3) is 4.62. The number of amides is 1. The van der Waals surface area contributed by atoms with Crippen molar-refractivity contribution in [2.75, 3.05) is 80.0 Å². The van der Waals surface area contributed by atoms with Crippen molar-refractivity contribution in [2.24, 2.45) is 0 Å². The number of ether oxygens (including phenoxy) is 4. The fourth-order valence-electron chi connectivity index (χ4n) is 2.85. The Kier molecular flexibility index (Phi) is 6.38. The van der Waals surface area contributed by atoms with E-state index >= 15 is 0 Å². The van der Waals surface area contributed by atoms with Crippen LogP contribution in [0.5, 0.6) is 0 Å². The lowest BCUT2D eigenvalue weighted by molar-refractivity contribution is -0.164. The van der Waals surface area contributed by atoms with Gasteiger partial charge in [0.05, 0.1) is 33.0 Å². The predicted molar refractivity (Wildman–Crippen MR) is 76.3 cm³/mol. The van der Waals surface area contributed by atoms with Crippen molar-refractivity contribution in [1.29, 1.82) is 0 Å². The monoisotopic (exact) mass is 302 g/mol. The summed E-state index contributed by atoms with van der Waals surface area (Å²) in [6.45, 7) is 6.17. The van der Waals surface area contributed by atoms with Crippen LogP contribution in [0.15, 0.2) is 0 Å². The molecule has 0 aromatic heterocycles. The molecule has 1 atom stereocenters. The summed E-state index contributed by atoms with van der Waals surface area (Å²) < 4.78 is 21.8. The van der Waals surface area contributed by atoms with Crippen molar-refractivity contribution in [3.8, 4) is 0 Å². The van der Waals surface area contributed by atoms with E-state index in [-0.39, 0.29) is 12.5 Å². The minimum absolute atomic E-state index is 0.00728. The number of carbonyl (C=O) groups excluding carboxylic acids is 1. The maximum Gasteiger partial charge on any atom is 0.248 e. The first-order valence-electron chi connectivity index (χ1n) is 7.39. The first kappa shape index (κ1) is 16.6. The minimum atomic E-state index is -0.439. The van der Waals surface area contributed by atoms with Crippen LogP contribution < -0.4 is 0 Å². The van der Waals surface area contributed by atoms with Gasteiger partial charge in [0.1, 0.15) is 12.2 Å². The highest BCUT2D eigenvalue weighted by Gasteiger charge is 2.41. The summed E-state index contributed by atoms with van der Waals surface area (Å²) in [6.07, 6.45) is 0. The molecule has 2 heterocycles. The van der Waals surface area contributed by atoms with E-state index in [1.54, 1.807) is 7.11 Å². The van der Waals surface area contributed by atoms with Crippen molar-refractivity contribution in [3.63, 3.8) is 0 Å². The Morgan fingerprint density at radius 3 is 2.81 bits per heavy atom. The number of hydrogen-bond acceptors (Lipinski definition) is 6. The lowest BCUT2D eigenvalue weighted by Crippen LogP contribution is -2.60. The largest absolute Gasteiger partial charge is 0.383 e. The van der Waals surface area contributed by atoms with Gasteiger partial charge in [-0.05, 0) is 0 Å². The van der Waals surface area contributed by atoms with E-state index in [0.717, 1.165) is 19.6 Å². The van der Waals surface area contributed by atoms with Crippen molar-refractivity contribution < 1.29 is 23.7 Å². The Hall–Kier alpha value is -0.730. The molecule has 7 heteroatoms. The second-order valence-electron chi connectivity index (χ2n) is 5.60. The summed E-state index contributed by atoms with van der Waals surface area (Å²) >= 11 is 0. The molecule has 1 unspecified atom stereocenters. The quantitative estimate of drug-likeness (QED) is 0.663. The molecule has 1 spiro atoms. The van der Waals surface area contributed by atoms with E-state index in [1.807, 2.05) is 4.90 Å². The Morgan fingerprint density at radius 1 is 1.19 bits per heavy atom. The SMILES string of the molecule is COCCN1CCOCC2(C1)CN(C(=O)COC)CCO2. The molecule has 2 aliphatic rings. The van der Waals surface area contributed by atoms with Gasteiger partial charge in [0.25, 0.3) is 0 Å². The molecule has 0 aliphatic carbocycles. The van der Waals surface area contributed by atoms with E-state index in [1.165, 1.54) is 7.11 Å². The molecule has 2 aliphatic heterocycles. The second kappa shape index (κ2) is 8.05. The molecule has 0 N–H and O–H groups in total. The van der Waals surface area contributed by atoms with Crippen molar-refractivity contribution in [3.05, 3.63) is 0 Å². The molecule has 0 radical (unpaired) electrons. The van der Waals surface area contributed by atoms with Gasteiger partial charge in [-0.3, -0.25) is 9.69 Å². The Morgan fingerprint density at radius 2 is 2.05 bits per heavy atom. The lowest BCUT2D eigenvalue weighted by atomic mass is 10.0.